The molecule has 1 aromatic heterocycles. The van der Waals surface area contributed by atoms with Gasteiger partial charge in [0.15, 0.2) is 0 Å². The molecule has 0 aromatic carbocycles. The van der Waals surface area contributed by atoms with E-state index in [2.05, 4.69) is 10.3 Å². The van der Waals surface area contributed by atoms with E-state index in [1.807, 2.05) is 0 Å². The minimum Gasteiger partial charge on any atom is -0.481 e. The second-order valence-electron chi connectivity index (χ2n) is 3.77. The summed E-state index contributed by atoms with van der Waals surface area (Å²) in [5.41, 5.74) is -2.21. The standard InChI is InChI=1S/C10H10F3N3O4/c11-10(12,13)8-4-6(7(5-15-8)16(19)20)14-3-1-2-9(17)18/h4-5H,1-3H2,(H,14,15)(H,17,18). The lowest BCUT2D eigenvalue weighted by atomic mass is 10.2. The normalized spacial score (nSPS) is 11.2. The van der Waals surface area contributed by atoms with Crippen molar-refractivity contribution in [1.29, 1.82) is 0 Å². The predicted octanol–water partition coefficient (Wildman–Crippen LogP) is 2.29. The van der Waals surface area contributed by atoms with Gasteiger partial charge in [0.2, 0.25) is 0 Å². The van der Waals surface area contributed by atoms with Crippen LogP contribution in [0.15, 0.2) is 12.3 Å². The summed E-state index contributed by atoms with van der Waals surface area (Å²) >= 11 is 0. The quantitative estimate of drug-likeness (QED) is 0.473. The molecule has 0 aliphatic rings. The number of aliphatic carboxylic acids is 1. The predicted molar refractivity (Wildman–Crippen MR) is 61.3 cm³/mol. The number of alkyl halides is 3. The largest absolute Gasteiger partial charge is 0.481 e. The Balaban J connectivity index is 2.89. The van der Waals surface area contributed by atoms with Crippen molar-refractivity contribution in [2.45, 2.75) is 19.0 Å². The number of nitrogens with one attached hydrogen (secondary N) is 1. The Morgan fingerprint density at radius 3 is 2.65 bits per heavy atom. The summed E-state index contributed by atoms with van der Waals surface area (Å²) in [6.45, 7) is -0.00551. The molecule has 0 aliphatic carbocycles. The lowest BCUT2D eigenvalue weighted by Crippen LogP contribution is -2.12. The van der Waals surface area contributed by atoms with Gasteiger partial charge < -0.3 is 10.4 Å². The topological polar surface area (TPSA) is 105 Å². The highest BCUT2D eigenvalue weighted by atomic mass is 19.4. The average Bonchev–Trinajstić information content (AvgIpc) is 2.32. The van der Waals surface area contributed by atoms with Gasteiger partial charge in [-0.1, -0.05) is 0 Å². The number of rotatable bonds is 6. The zero-order chi connectivity index (χ0) is 15.3. The van der Waals surface area contributed by atoms with Gasteiger partial charge in [-0.15, -0.1) is 0 Å². The van der Waals surface area contributed by atoms with Crippen LogP contribution in [-0.2, 0) is 11.0 Å². The summed E-state index contributed by atoms with van der Waals surface area (Å²) in [4.78, 5) is 23.1. The van der Waals surface area contributed by atoms with Gasteiger partial charge in [0.1, 0.15) is 17.6 Å². The number of hydrogen-bond donors (Lipinski definition) is 2. The number of hydrogen-bond acceptors (Lipinski definition) is 5. The molecule has 0 radical (unpaired) electrons. The fourth-order valence-corrected chi connectivity index (χ4v) is 1.35. The Hall–Kier alpha value is -2.39. The lowest BCUT2D eigenvalue weighted by molar-refractivity contribution is -0.384. The van der Waals surface area contributed by atoms with Gasteiger partial charge in [-0.3, -0.25) is 14.9 Å². The average molecular weight is 293 g/mol. The Labute approximate surface area is 110 Å². The van der Waals surface area contributed by atoms with E-state index in [1.165, 1.54) is 0 Å². The van der Waals surface area contributed by atoms with E-state index in [0.29, 0.717) is 12.3 Å². The Morgan fingerprint density at radius 1 is 1.50 bits per heavy atom. The van der Waals surface area contributed by atoms with Crippen LogP contribution in [0.1, 0.15) is 18.5 Å². The summed E-state index contributed by atoms with van der Waals surface area (Å²) in [5.74, 6) is -1.06. The number of anilines is 1. The number of nitro groups is 1. The van der Waals surface area contributed by atoms with E-state index in [9.17, 15) is 28.1 Å². The van der Waals surface area contributed by atoms with Crippen molar-refractivity contribution >= 4 is 17.3 Å². The molecule has 2 N–H and O–H groups in total. The first-order valence-corrected chi connectivity index (χ1v) is 5.39. The summed E-state index contributed by atoms with van der Waals surface area (Å²) in [6, 6.07) is 0.527. The van der Waals surface area contributed by atoms with E-state index >= 15 is 0 Å². The lowest BCUT2D eigenvalue weighted by Gasteiger charge is -2.10. The number of nitrogens with zero attached hydrogens (tertiary/aromatic N) is 2. The smallest absolute Gasteiger partial charge is 0.433 e. The summed E-state index contributed by atoms with van der Waals surface area (Å²) in [7, 11) is 0. The van der Waals surface area contributed by atoms with Crippen LogP contribution in [0.5, 0.6) is 0 Å². The highest BCUT2D eigenvalue weighted by Gasteiger charge is 2.34. The van der Waals surface area contributed by atoms with Crippen LogP contribution in [0.4, 0.5) is 24.5 Å². The van der Waals surface area contributed by atoms with E-state index in [0.717, 1.165) is 0 Å². The van der Waals surface area contributed by atoms with Crippen molar-refractivity contribution in [2.75, 3.05) is 11.9 Å². The van der Waals surface area contributed by atoms with Crippen molar-refractivity contribution in [3.63, 3.8) is 0 Å². The fraction of sp³-hybridized carbons (Fsp3) is 0.400. The summed E-state index contributed by atoms with van der Waals surface area (Å²) in [5, 5.41) is 21.5. The van der Waals surface area contributed by atoms with Crippen LogP contribution in [0, 0.1) is 10.1 Å². The molecule has 110 valence electrons. The second-order valence-corrected chi connectivity index (χ2v) is 3.77. The second kappa shape index (κ2) is 6.17. The molecule has 0 atom stereocenters. The van der Waals surface area contributed by atoms with Crippen molar-refractivity contribution in [3.05, 3.63) is 28.1 Å². The Morgan fingerprint density at radius 2 is 2.15 bits per heavy atom. The van der Waals surface area contributed by atoms with E-state index in [-0.39, 0.29) is 25.1 Å². The molecule has 0 aliphatic heterocycles. The van der Waals surface area contributed by atoms with Crippen LogP contribution in [0.2, 0.25) is 0 Å². The molecule has 0 amide bonds. The summed E-state index contributed by atoms with van der Waals surface area (Å²) < 4.78 is 37.4. The third-order valence-corrected chi connectivity index (χ3v) is 2.25. The molecule has 0 fully saturated rings. The van der Waals surface area contributed by atoms with Crippen LogP contribution in [0.25, 0.3) is 0 Å². The maximum absolute atomic E-state index is 12.5. The molecule has 0 saturated heterocycles. The van der Waals surface area contributed by atoms with Crippen molar-refractivity contribution < 1.29 is 28.0 Å². The van der Waals surface area contributed by atoms with Gasteiger partial charge in [0.05, 0.1) is 4.92 Å². The summed E-state index contributed by atoms with van der Waals surface area (Å²) in [6.07, 6.45) is -4.27. The molecule has 1 rings (SSSR count). The highest BCUT2D eigenvalue weighted by Crippen LogP contribution is 2.32. The third kappa shape index (κ3) is 4.37. The molecule has 10 heteroatoms. The zero-order valence-corrected chi connectivity index (χ0v) is 9.98. The van der Waals surface area contributed by atoms with Gasteiger partial charge in [-0.25, -0.2) is 4.98 Å². The molecule has 7 nitrogen and oxygen atoms in total. The molecule has 20 heavy (non-hydrogen) atoms. The molecule has 0 unspecified atom stereocenters. The maximum Gasteiger partial charge on any atom is 0.433 e. The molecule has 1 heterocycles. The van der Waals surface area contributed by atoms with Gasteiger partial charge in [0.25, 0.3) is 0 Å². The van der Waals surface area contributed by atoms with Crippen LogP contribution in [0.3, 0.4) is 0 Å². The van der Waals surface area contributed by atoms with Crippen molar-refractivity contribution in [2.24, 2.45) is 0 Å². The zero-order valence-electron chi connectivity index (χ0n) is 9.98. The number of pyridine rings is 1. The minimum atomic E-state index is -4.72. The molecule has 0 bridgehead atoms. The molecule has 0 saturated carbocycles. The first-order chi connectivity index (χ1) is 9.21. The van der Waals surface area contributed by atoms with Gasteiger partial charge in [-0.2, -0.15) is 13.2 Å². The first kappa shape index (κ1) is 15.7. The van der Waals surface area contributed by atoms with E-state index in [1.54, 1.807) is 0 Å². The fourth-order valence-electron chi connectivity index (χ4n) is 1.35. The van der Waals surface area contributed by atoms with Gasteiger partial charge in [0, 0.05) is 13.0 Å². The minimum absolute atomic E-state index is 0.00551. The Kier molecular flexibility index (Phi) is 4.83. The van der Waals surface area contributed by atoms with E-state index in [4.69, 9.17) is 5.11 Å². The molecule has 1 aromatic rings. The third-order valence-electron chi connectivity index (χ3n) is 2.25. The maximum atomic E-state index is 12.5. The number of halogens is 3. The monoisotopic (exact) mass is 293 g/mol. The van der Waals surface area contributed by atoms with Gasteiger partial charge in [-0.05, 0) is 12.5 Å². The van der Waals surface area contributed by atoms with E-state index < -0.39 is 28.5 Å². The first-order valence-electron chi connectivity index (χ1n) is 5.39. The van der Waals surface area contributed by atoms with Crippen LogP contribution in [-0.4, -0.2) is 27.5 Å². The van der Waals surface area contributed by atoms with Crippen LogP contribution < -0.4 is 5.32 Å². The SMILES string of the molecule is O=C(O)CCCNc1cc(C(F)(F)F)ncc1[N+](=O)[O-]. The number of carboxylic acids is 1. The molecule has 0 spiro atoms. The Bertz CT molecular complexity index is 519. The highest BCUT2D eigenvalue weighted by molar-refractivity contribution is 5.66. The number of carbonyl (C=O) groups is 1. The molecular weight excluding hydrogens is 283 g/mol. The van der Waals surface area contributed by atoms with Gasteiger partial charge >= 0.3 is 17.8 Å². The number of carboxylic acid groups (broad SMARTS) is 1. The number of aromatic nitrogens is 1. The molecular formula is C10H10F3N3O4. The van der Waals surface area contributed by atoms with Crippen LogP contribution >= 0.6 is 0 Å². The van der Waals surface area contributed by atoms with Crippen molar-refractivity contribution in [1.82, 2.24) is 4.98 Å². The van der Waals surface area contributed by atoms with Crippen molar-refractivity contribution in [3.8, 4) is 0 Å².